The van der Waals surface area contributed by atoms with Gasteiger partial charge in [0.05, 0.1) is 17.9 Å². The third-order valence-corrected chi connectivity index (χ3v) is 6.62. The van der Waals surface area contributed by atoms with Crippen LogP contribution in [0.4, 0.5) is 19.4 Å². The van der Waals surface area contributed by atoms with Crippen LogP contribution in [0.25, 0.3) is 5.69 Å². The van der Waals surface area contributed by atoms with E-state index < -0.39 is 23.3 Å². The highest BCUT2D eigenvalue weighted by Gasteiger charge is 2.24. The zero-order valence-corrected chi connectivity index (χ0v) is 23.7. The predicted molar refractivity (Wildman–Crippen MR) is 148 cm³/mol. The predicted octanol–water partition coefficient (Wildman–Crippen LogP) is 4.68. The molecule has 0 spiro atoms. The summed E-state index contributed by atoms with van der Waals surface area (Å²) in [5.74, 6) is -0.623. The molecule has 1 atom stereocenters. The van der Waals surface area contributed by atoms with Crippen molar-refractivity contribution in [3.8, 4) is 11.6 Å². The van der Waals surface area contributed by atoms with Crippen molar-refractivity contribution in [2.24, 2.45) is 5.73 Å². The number of hydrogen-bond donors (Lipinski definition) is 3. The number of primary amides is 1. The lowest BCUT2D eigenvalue weighted by Crippen LogP contribution is -2.28. The summed E-state index contributed by atoms with van der Waals surface area (Å²) in [5.41, 5.74) is 5.81. The minimum absolute atomic E-state index is 0.0490. The van der Waals surface area contributed by atoms with E-state index in [1.165, 1.54) is 16.8 Å². The largest absolute Gasteiger partial charge is 0.473 e. The molecule has 1 aromatic heterocycles. The van der Waals surface area contributed by atoms with Crippen molar-refractivity contribution in [3.05, 3.63) is 70.2 Å². The molecule has 0 radical (unpaired) electrons. The Hall–Kier alpha value is -3.06. The van der Waals surface area contributed by atoms with Gasteiger partial charge in [-0.15, -0.1) is 5.10 Å². The Morgan fingerprint density at radius 2 is 1.95 bits per heavy atom. The maximum atomic E-state index is 13.1. The van der Waals surface area contributed by atoms with Crippen LogP contribution in [0.2, 0.25) is 0 Å². The van der Waals surface area contributed by atoms with E-state index in [-0.39, 0.29) is 12.5 Å². The molecular formula is C27H34BrF2N5O4. The molecule has 1 saturated heterocycles. The maximum absolute atomic E-state index is 13.1. The van der Waals surface area contributed by atoms with Gasteiger partial charge in [0.1, 0.15) is 11.1 Å². The van der Waals surface area contributed by atoms with Gasteiger partial charge in [-0.25, -0.2) is 18.3 Å². The molecule has 1 unspecified atom stereocenters. The molecule has 39 heavy (non-hydrogen) atoms. The van der Waals surface area contributed by atoms with Crippen molar-refractivity contribution in [3.63, 3.8) is 0 Å². The van der Waals surface area contributed by atoms with Gasteiger partial charge < -0.3 is 25.2 Å². The molecule has 3 aromatic rings. The van der Waals surface area contributed by atoms with E-state index in [0.29, 0.717) is 22.8 Å². The molecule has 2 amide bonds. The standard InChI is InChI=1S/C14H17BrN4O3.C13H17F2NO/c1-14(2,21)8-22-12-10(15)11(17-13(16)20)19(18-12)9-6-4-3-5-7-9;1-17-7-6-16-5-4-11(9-16)10-2-3-12(14)13(15)8-10/h3-7,21H,8H2,1-2H3,(H3,16,17,20);2-3,8,11H,4-7,9H2,1H3. The van der Waals surface area contributed by atoms with Crippen LogP contribution in [0.5, 0.6) is 5.88 Å². The Labute approximate surface area is 235 Å². The first kappa shape index (κ1) is 30.5. The number of amides is 2. The van der Waals surface area contributed by atoms with Gasteiger partial charge in [-0.2, -0.15) is 0 Å². The number of para-hydroxylation sites is 1. The molecule has 2 heterocycles. The molecule has 0 aliphatic carbocycles. The molecule has 9 nitrogen and oxygen atoms in total. The fourth-order valence-electron chi connectivity index (χ4n) is 3.99. The summed E-state index contributed by atoms with van der Waals surface area (Å²) in [6, 6.07) is 12.7. The van der Waals surface area contributed by atoms with Crippen molar-refractivity contribution in [2.75, 3.05) is 45.3 Å². The highest BCUT2D eigenvalue weighted by atomic mass is 79.9. The van der Waals surface area contributed by atoms with Crippen LogP contribution in [-0.4, -0.2) is 71.4 Å². The molecule has 1 aliphatic rings. The number of benzene rings is 2. The molecule has 1 aliphatic heterocycles. The summed E-state index contributed by atoms with van der Waals surface area (Å²) >= 11 is 3.34. The summed E-state index contributed by atoms with van der Waals surface area (Å²) in [6.45, 7) is 6.80. The van der Waals surface area contributed by atoms with E-state index in [1.54, 1.807) is 27.0 Å². The number of urea groups is 1. The third-order valence-electron chi connectivity index (χ3n) is 5.90. The van der Waals surface area contributed by atoms with Crippen molar-refractivity contribution < 1.29 is 28.2 Å². The van der Waals surface area contributed by atoms with E-state index in [1.807, 2.05) is 30.3 Å². The van der Waals surface area contributed by atoms with Gasteiger partial charge in [-0.3, -0.25) is 5.32 Å². The fourth-order valence-corrected chi connectivity index (χ4v) is 4.45. The van der Waals surface area contributed by atoms with Crippen LogP contribution in [-0.2, 0) is 4.74 Å². The lowest BCUT2D eigenvalue weighted by atomic mass is 9.98. The second kappa shape index (κ2) is 13.8. The number of methoxy groups -OCH3 is 1. The Morgan fingerprint density at radius 1 is 1.23 bits per heavy atom. The van der Waals surface area contributed by atoms with Crippen LogP contribution >= 0.6 is 15.9 Å². The average Bonchev–Trinajstić information content (AvgIpc) is 3.48. The Morgan fingerprint density at radius 3 is 2.56 bits per heavy atom. The number of aliphatic hydroxyl groups is 1. The fraction of sp³-hybridized carbons (Fsp3) is 0.407. The van der Waals surface area contributed by atoms with Crippen LogP contribution in [0, 0.1) is 11.6 Å². The van der Waals surface area contributed by atoms with Crippen LogP contribution in [0.3, 0.4) is 0 Å². The first-order valence-electron chi connectivity index (χ1n) is 12.4. The maximum Gasteiger partial charge on any atom is 0.317 e. The molecule has 4 N–H and O–H groups in total. The van der Waals surface area contributed by atoms with E-state index in [2.05, 4.69) is 31.2 Å². The molecule has 1 fully saturated rings. The molecule has 212 valence electrons. The zero-order chi connectivity index (χ0) is 28.6. The summed E-state index contributed by atoms with van der Waals surface area (Å²) in [7, 11) is 1.68. The van der Waals surface area contributed by atoms with Gasteiger partial charge in [0.2, 0.25) is 5.88 Å². The minimum atomic E-state index is -1.01. The van der Waals surface area contributed by atoms with Crippen LogP contribution in [0.1, 0.15) is 31.7 Å². The highest BCUT2D eigenvalue weighted by Crippen LogP contribution is 2.34. The monoisotopic (exact) mass is 609 g/mol. The summed E-state index contributed by atoms with van der Waals surface area (Å²) in [4.78, 5) is 13.5. The van der Waals surface area contributed by atoms with Gasteiger partial charge in [0.15, 0.2) is 17.5 Å². The first-order chi connectivity index (χ1) is 18.5. The normalized spacial score (nSPS) is 15.5. The van der Waals surface area contributed by atoms with E-state index >= 15 is 0 Å². The number of hydrogen-bond acceptors (Lipinski definition) is 6. The number of nitrogens with two attached hydrogens (primary N) is 1. The minimum Gasteiger partial charge on any atom is -0.473 e. The highest BCUT2D eigenvalue weighted by molar-refractivity contribution is 9.10. The molecule has 0 saturated carbocycles. The van der Waals surface area contributed by atoms with Crippen LogP contribution < -0.4 is 15.8 Å². The zero-order valence-electron chi connectivity index (χ0n) is 22.2. The van der Waals surface area contributed by atoms with E-state index in [0.717, 1.165) is 37.3 Å². The van der Waals surface area contributed by atoms with Gasteiger partial charge in [0.25, 0.3) is 0 Å². The van der Waals surface area contributed by atoms with Crippen LogP contribution in [0.15, 0.2) is 53.0 Å². The summed E-state index contributed by atoms with van der Waals surface area (Å²) in [6.07, 6.45) is 0.995. The summed E-state index contributed by atoms with van der Waals surface area (Å²) in [5, 5.41) is 16.6. The number of carbonyl (C=O) groups is 1. The number of likely N-dealkylation sites (tertiary alicyclic amines) is 1. The quantitative estimate of drug-likeness (QED) is 0.325. The lowest BCUT2D eigenvalue weighted by Gasteiger charge is -2.16. The average molecular weight is 611 g/mol. The van der Waals surface area contributed by atoms with E-state index in [9.17, 15) is 18.7 Å². The number of halogens is 3. The van der Waals surface area contributed by atoms with Gasteiger partial charge in [0, 0.05) is 20.2 Å². The molecule has 4 rings (SSSR count). The number of nitrogens with one attached hydrogen (secondary N) is 1. The number of aromatic nitrogens is 2. The summed E-state index contributed by atoms with van der Waals surface area (Å²) < 4.78 is 38.4. The number of rotatable bonds is 9. The van der Waals surface area contributed by atoms with E-state index in [4.69, 9.17) is 15.2 Å². The Balaban J connectivity index is 0.000000223. The Bertz CT molecular complexity index is 1240. The smallest absolute Gasteiger partial charge is 0.317 e. The third kappa shape index (κ3) is 8.99. The van der Waals surface area contributed by atoms with Crippen molar-refractivity contribution in [2.45, 2.75) is 31.8 Å². The van der Waals surface area contributed by atoms with Crippen molar-refractivity contribution >= 4 is 27.8 Å². The van der Waals surface area contributed by atoms with Gasteiger partial charge in [-0.1, -0.05) is 24.3 Å². The number of carbonyl (C=O) groups excluding carboxylic acids is 1. The van der Waals surface area contributed by atoms with Gasteiger partial charge >= 0.3 is 6.03 Å². The second-order valence-corrected chi connectivity index (χ2v) is 10.6. The molecule has 0 bridgehead atoms. The van der Waals surface area contributed by atoms with Crippen molar-refractivity contribution in [1.82, 2.24) is 14.7 Å². The Kier molecular flexibility index (Phi) is 10.8. The first-order valence-corrected chi connectivity index (χ1v) is 13.2. The topological polar surface area (TPSA) is 115 Å². The number of anilines is 1. The number of ether oxygens (including phenoxy) is 2. The molecule has 12 heteroatoms. The van der Waals surface area contributed by atoms with Crippen molar-refractivity contribution in [1.29, 1.82) is 0 Å². The lowest BCUT2D eigenvalue weighted by molar-refractivity contribution is 0.0264. The SMILES string of the molecule is CC(C)(O)COc1nn(-c2ccccc2)c(NC(N)=O)c1Br.COCCN1CCC(c2ccc(F)c(F)c2)C1. The number of nitrogens with zero attached hydrogens (tertiary/aromatic N) is 3. The second-order valence-electron chi connectivity index (χ2n) is 9.76. The molecular weight excluding hydrogens is 576 g/mol. The van der Waals surface area contributed by atoms with Gasteiger partial charge in [-0.05, 0) is 78.5 Å². The molecule has 2 aromatic carbocycles.